The van der Waals surface area contributed by atoms with Crippen molar-refractivity contribution in [2.24, 2.45) is 0 Å². The van der Waals surface area contributed by atoms with Crippen LogP contribution in [0.4, 0.5) is 0 Å². The van der Waals surface area contributed by atoms with Crippen molar-refractivity contribution in [2.45, 2.75) is 78.2 Å². The van der Waals surface area contributed by atoms with Crippen LogP contribution in [0.25, 0.3) is 0 Å². The molecule has 0 unspecified atom stereocenters. The van der Waals surface area contributed by atoms with Gasteiger partial charge in [0.15, 0.2) is 0 Å². The Morgan fingerprint density at radius 3 is 1.38 bits per heavy atom. The fourth-order valence-corrected chi connectivity index (χ4v) is 2.96. The third-order valence-corrected chi connectivity index (χ3v) is 4.73. The Kier molecular flexibility index (Phi) is 25.4. The molecule has 220 valence electrons. The highest BCUT2D eigenvalue weighted by Gasteiger charge is 2.15. The van der Waals surface area contributed by atoms with Gasteiger partial charge in [-0.25, -0.2) is 4.79 Å². The van der Waals surface area contributed by atoms with Crippen molar-refractivity contribution in [3.63, 3.8) is 0 Å². The molecule has 0 aromatic rings. The summed E-state index contributed by atoms with van der Waals surface area (Å²) in [7, 11) is 0. The topological polar surface area (TPSA) is 108 Å². The molecular formula is C27H52O10. The van der Waals surface area contributed by atoms with Crippen molar-refractivity contribution in [2.75, 3.05) is 85.9 Å². The average Bonchev–Trinajstić information content (AvgIpc) is 2.83. The maximum Gasteiger partial charge on any atom is 0.332 e. The third kappa shape index (κ3) is 30.8. The van der Waals surface area contributed by atoms with Crippen LogP contribution in [0.1, 0.15) is 72.6 Å². The van der Waals surface area contributed by atoms with Crippen molar-refractivity contribution in [1.82, 2.24) is 0 Å². The van der Waals surface area contributed by atoms with Gasteiger partial charge in [-0.2, -0.15) is 0 Å². The number of ether oxygens (including phenoxy) is 8. The van der Waals surface area contributed by atoms with Crippen LogP contribution in [0, 0.1) is 0 Å². The number of carbonyl (C=O) groups is 2. The Bertz CT molecular complexity index is 522. The lowest BCUT2D eigenvalue weighted by Gasteiger charge is -2.19. The van der Waals surface area contributed by atoms with Gasteiger partial charge < -0.3 is 37.9 Å². The Balaban J connectivity index is 3.18. The number of rotatable bonds is 27. The highest BCUT2D eigenvalue weighted by molar-refractivity contribution is 5.71. The molecule has 0 spiro atoms. The minimum Gasteiger partial charge on any atom is -0.463 e. The van der Waals surface area contributed by atoms with Crippen LogP contribution < -0.4 is 0 Å². The van der Waals surface area contributed by atoms with E-state index < -0.39 is 5.60 Å². The van der Waals surface area contributed by atoms with E-state index in [2.05, 4.69) is 6.92 Å². The number of hydrogen-bond donors (Lipinski definition) is 0. The molecule has 0 bridgehead atoms. The van der Waals surface area contributed by atoms with Gasteiger partial charge >= 0.3 is 11.9 Å². The molecular weight excluding hydrogens is 484 g/mol. The van der Waals surface area contributed by atoms with Gasteiger partial charge in [0.1, 0.15) is 18.8 Å². The van der Waals surface area contributed by atoms with Crippen molar-refractivity contribution in [3.05, 3.63) is 0 Å². The first kappa shape index (κ1) is 35.7. The summed E-state index contributed by atoms with van der Waals surface area (Å²) in [6.07, 6.45) is 7.41. The molecule has 0 radical (unpaired) electrons. The Morgan fingerprint density at radius 2 is 0.919 bits per heavy atom. The molecule has 37 heavy (non-hydrogen) atoms. The summed E-state index contributed by atoms with van der Waals surface area (Å²) in [5.74, 6) is -0.534. The second-order valence-corrected chi connectivity index (χ2v) is 9.44. The summed E-state index contributed by atoms with van der Waals surface area (Å²) in [4.78, 5) is 23.1. The summed E-state index contributed by atoms with van der Waals surface area (Å²) < 4.78 is 42.5. The number of carbonyl (C=O) groups excluding carboxylic acids is 2. The standard InChI is InChI=1S/C27H52O10/c1-5-6-7-8-9-10-11-25(28)36-23-22-34-19-18-32-15-14-30-12-13-31-16-17-33-20-21-35-24-26(29)37-27(2,3)4/h5-24H2,1-4H3. The molecule has 0 N–H and O–H groups in total. The van der Waals surface area contributed by atoms with Crippen LogP contribution in [0.3, 0.4) is 0 Å². The van der Waals surface area contributed by atoms with Crippen molar-refractivity contribution < 1.29 is 47.5 Å². The smallest absolute Gasteiger partial charge is 0.332 e. The van der Waals surface area contributed by atoms with E-state index in [-0.39, 0.29) is 25.2 Å². The maximum atomic E-state index is 11.6. The van der Waals surface area contributed by atoms with Gasteiger partial charge in [-0.1, -0.05) is 39.0 Å². The molecule has 0 aliphatic heterocycles. The van der Waals surface area contributed by atoms with Crippen LogP contribution in [0.15, 0.2) is 0 Å². The fraction of sp³-hybridized carbons (Fsp3) is 0.926. The summed E-state index contributed by atoms with van der Waals surface area (Å²) in [5, 5.41) is 0. The predicted octanol–water partition coefficient (Wildman–Crippen LogP) is 3.72. The molecule has 10 nitrogen and oxygen atoms in total. The largest absolute Gasteiger partial charge is 0.463 e. The molecule has 0 atom stereocenters. The van der Waals surface area contributed by atoms with Gasteiger partial charge in [0.05, 0.1) is 72.7 Å². The van der Waals surface area contributed by atoms with E-state index in [0.717, 1.165) is 12.8 Å². The molecule has 0 aliphatic carbocycles. The maximum absolute atomic E-state index is 11.6. The normalized spacial score (nSPS) is 11.6. The van der Waals surface area contributed by atoms with E-state index in [1.165, 1.54) is 25.7 Å². The van der Waals surface area contributed by atoms with Crippen LogP contribution in [-0.4, -0.2) is 103 Å². The Morgan fingerprint density at radius 1 is 0.514 bits per heavy atom. The summed E-state index contributed by atoms with van der Waals surface area (Å²) in [5.41, 5.74) is -0.508. The zero-order valence-electron chi connectivity index (χ0n) is 23.7. The molecule has 0 aliphatic rings. The molecule has 10 heteroatoms. The van der Waals surface area contributed by atoms with E-state index in [1.807, 2.05) is 20.8 Å². The second-order valence-electron chi connectivity index (χ2n) is 9.44. The first-order valence-electron chi connectivity index (χ1n) is 13.7. The summed E-state index contributed by atoms with van der Waals surface area (Å²) >= 11 is 0. The summed E-state index contributed by atoms with van der Waals surface area (Å²) in [6, 6.07) is 0. The molecule has 0 rings (SSSR count). The van der Waals surface area contributed by atoms with E-state index >= 15 is 0 Å². The lowest BCUT2D eigenvalue weighted by molar-refractivity contribution is -0.160. The van der Waals surface area contributed by atoms with Gasteiger partial charge in [0, 0.05) is 6.42 Å². The van der Waals surface area contributed by atoms with Gasteiger partial charge in [0.25, 0.3) is 0 Å². The van der Waals surface area contributed by atoms with Crippen LogP contribution in [-0.2, 0) is 47.5 Å². The molecule has 0 aromatic carbocycles. The predicted molar refractivity (Wildman–Crippen MR) is 140 cm³/mol. The molecule has 0 heterocycles. The highest BCUT2D eigenvalue weighted by atomic mass is 16.6. The zero-order chi connectivity index (χ0) is 27.5. The number of hydrogen-bond acceptors (Lipinski definition) is 10. The first-order valence-corrected chi connectivity index (χ1v) is 13.7. The molecule has 0 saturated heterocycles. The molecule has 0 fully saturated rings. The quantitative estimate of drug-likeness (QED) is 0.114. The van der Waals surface area contributed by atoms with E-state index in [4.69, 9.17) is 37.9 Å². The zero-order valence-corrected chi connectivity index (χ0v) is 23.7. The molecule has 0 aromatic heterocycles. The lowest BCUT2D eigenvalue weighted by atomic mass is 10.1. The Labute approximate surface area is 223 Å². The summed E-state index contributed by atoms with van der Waals surface area (Å²) in [6.45, 7) is 12.6. The minimum absolute atomic E-state index is 0.0816. The van der Waals surface area contributed by atoms with Crippen LogP contribution in [0.5, 0.6) is 0 Å². The van der Waals surface area contributed by atoms with Crippen molar-refractivity contribution in [1.29, 1.82) is 0 Å². The molecule has 0 amide bonds. The highest BCUT2D eigenvalue weighted by Crippen LogP contribution is 2.08. The monoisotopic (exact) mass is 536 g/mol. The van der Waals surface area contributed by atoms with Crippen molar-refractivity contribution >= 4 is 11.9 Å². The average molecular weight is 537 g/mol. The van der Waals surface area contributed by atoms with Gasteiger partial charge in [0.2, 0.25) is 0 Å². The van der Waals surface area contributed by atoms with E-state index in [9.17, 15) is 9.59 Å². The van der Waals surface area contributed by atoms with E-state index in [1.54, 1.807) is 0 Å². The van der Waals surface area contributed by atoms with Gasteiger partial charge in [-0.15, -0.1) is 0 Å². The SMILES string of the molecule is CCCCCCCCC(=O)OCCOCCOCCOCCOCCOCCOCC(=O)OC(C)(C)C. The van der Waals surface area contributed by atoms with Gasteiger partial charge in [-0.3, -0.25) is 4.79 Å². The minimum atomic E-state index is -0.508. The Hall–Kier alpha value is -1.30. The van der Waals surface area contributed by atoms with E-state index in [0.29, 0.717) is 79.1 Å². The first-order chi connectivity index (χ1) is 17.8. The van der Waals surface area contributed by atoms with Crippen molar-refractivity contribution in [3.8, 4) is 0 Å². The number of unbranched alkanes of at least 4 members (excludes halogenated alkanes) is 5. The lowest BCUT2D eigenvalue weighted by Crippen LogP contribution is -2.27. The van der Waals surface area contributed by atoms with Crippen LogP contribution in [0.2, 0.25) is 0 Å². The van der Waals surface area contributed by atoms with Crippen LogP contribution >= 0.6 is 0 Å². The fourth-order valence-electron chi connectivity index (χ4n) is 2.96. The second kappa shape index (κ2) is 26.3. The third-order valence-electron chi connectivity index (χ3n) is 4.73. The number of esters is 2. The molecule has 0 saturated carbocycles. The van der Waals surface area contributed by atoms with Gasteiger partial charge in [-0.05, 0) is 27.2 Å².